The Bertz CT molecular complexity index is 1010. The van der Waals surface area contributed by atoms with Gasteiger partial charge in [0.1, 0.15) is 0 Å². The number of carbonyl (C=O) groups is 2. The average molecular weight is 485 g/mol. The monoisotopic (exact) mass is 484 g/mol. The van der Waals surface area contributed by atoms with Crippen LogP contribution < -0.4 is 4.90 Å². The number of amidine groups is 1. The van der Waals surface area contributed by atoms with Gasteiger partial charge in [0.15, 0.2) is 15.0 Å². The maximum Gasteiger partial charge on any atom is 0.417 e. The lowest BCUT2D eigenvalue weighted by molar-refractivity contribution is -0.138. The topological polar surface area (TPSA) is 104 Å². The second kappa shape index (κ2) is 8.39. The van der Waals surface area contributed by atoms with Gasteiger partial charge in [-0.1, -0.05) is 23.4 Å². The predicted octanol–water partition coefficient (Wildman–Crippen LogP) is 3.22. The van der Waals surface area contributed by atoms with Crippen molar-refractivity contribution in [1.29, 1.82) is 0 Å². The number of carboxylic acid groups (broad SMARTS) is 1. The fourth-order valence-electron chi connectivity index (χ4n) is 3.30. The molecule has 1 aromatic carbocycles. The SMILES string of the molecule is O=C(O)CCCC(=O)N=C1S[C@@H]2CS(=O)(=O)C[C@@H]2N1c1ccc(Cl)c(C(F)(F)F)c1. The lowest BCUT2D eigenvalue weighted by Gasteiger charge is -2.25. The highest BCUT2D eigenvalue weighted by molar-refractivity contribution is 8.16. The molecule has 0 radical (unpaired) electrons. The first-order valence-electron chi connectivity index (χ1n) is 8.74. The molecule has 0 saturated carbocycles. The summed E-state index contributed by atoms with van der Waals surface area (Å²) < 4.78 is 63.9. The molecule has 1 aromatic rings. The summed E-state index contributed by atoms with van der Waals surface area (Å²) in [5.74, 6) is -2.14. The van der Waals surface area contributed by atoms with Crippen LogP contribution >= 0.6 is 23.4 Å². The molecule has 2 atom stereocenters. The molecule has 1 amide bonds. The highest BCUT2D eigenvalue weighted by atomic mass is 35.5. The van der Waals surface area contributed by atoms with Crippen molar-refractivity contribution in [2.45, 2.75) is 36.7 Å². The van der Waals surface area contributed by atoms with Crippen molar-refractivity contribution in [2.75, 3.05) is 16.4 Å². The summed E-state index contributed by atoms with van der Waals surface area (Å²) in [5, 5.41) is 7.76. The van der Waals surface area contributed by atoms with Crippen LogP contribution in [0.4, 0.5) is 18.9 Å². The number of alkyl halides is 3. The molecule has 1 N–H and O–H groups in total. The molecule has 3 rings (SSSR count). The van der Waals surface area contributed by atoms with E-state index in [0.717, 1.165) is 23.9 Å². The molecule has 2 aliphatic heterocycles. The van der Waals surface area contributed by atoms with Gasteiger partial charge in [0.2, 0.25) is 5.91 Å². The van der Waals surface area contributed by atoms with Gasteiger partial charge in [0.25, 0.3) is 0 Å². The third-order valence-corrected chi connectivity index (χ3v) is 8.14. The van der Waals surface area contributed by atoms with Crippen LogP contribution in [-0.4, -0.2) is 53.4 Å². The Morgan fingerprint density at radius 1 is 1.27 bits per heavy atom. The van der Waals surface area contributed by atoms with Crippen LogP contribution in [0.25, 0.3) is 0 Å². The molecular weight excluding hydrogens is 469 g/mol. The van der Waals surface area contributed by atoms with Crippen molar-refractivity contribution in [3.63, 3.8) is 0 Å². The molecular formula is C17H16ClF3N2O5S2. The van der Waals surface area contributed by atoms with E-state index >= 15 is 0 Å². The van der Waals surface area contributed by atoms with E-state index in [1.54, 1.807) is 0 Å². The molecule has 0 aromatic heterocycles. The zero-order chi connectivity index (χ0) is 22.3. The Kier molecular flexibility index (Phi) is 6.40. The Hall–Kier alpha value is -1.79. The standard InChI is InChI=1S/C17H16ClF3N2O5S2/c18-11-5-4-9(6-10(11)17(19,20)21)23-12-7-30(27,28)8-13(12)29-16(23)22-14(24)2-1-3-15(25)26/h4-6,12-13H,1-3,7-8H2,(H,25,26)/t12-,13+/m0/s1. The van der Waals surface area contributed by atoms with Gasteiger partial charge in [0, 0.05) is 23.8 Å². The van der Waals surface area contributed by atoms with Crippen LogP contribution in [0.3, 0.4) is 0 Å². The normalized spacial score (nSPS) is 24.3. The smallest absolute Gasteiger partial charge is 0.417 e. The molecule has 7 nitrogen and oxygen atoms in total. The summed E-state index contributed by atoms with van der Waals surface area (Å²) in [6, 6.07) is 2.51. The molecule has 2 fully saturated rings. The summed E-state index contributed by atoms with van der Waals surface area (Å²) >= 11 is 6.69. The highest BCUT2D eigenvalue weighted by Crippen LogP contribution is 2.43. The molecule has 164 valence electrons. The summed E-state index contributed by atoms with van der Waals surface area (Å²) in [7, 11) is -3.38. The predicted molar refractivity (Wildman–Crippen MR) is 107 cm³/mol. The molecule has 13 heteroatoms. The number of amides is 1. The lowest BCUT2D eigenvalue weighted by Crippen LogP contribution is -2.37. The minimum absolute atomic E-state index is 0.0286. The fraction of sp³-hybridized carbons (Fsp3) is 0.471. The van der Waals surface area contributed by atoms with Gasteiger partial charge in [-0.3, -0.25) is 9.59 Å². The van der Waals surface area contributed by atoms with E-state index in [0.29, 0.717) is 0 Å². The van der Waals surface area contributed by atoms with Crippen molar-refractivity contribution >= 4 is 55.9 Å². The summed E-state index contributed by atoms with van der Waals surface area (Å²) in [4.78, 5) is 28.0. The number of carboxylic acids is 1. The van der Waals surface area contributed by atoms with E-state index in [9.17, 15) is 31.2 Å². The van der Waals surface area contributed by atoms with Crippen molar-refractivity contribution in [2.24, 2.45) is 4.99 Å². The number of carbonyl (C=O) groups excluding carboxylic acids is 1. The second-order valence-corrected chi connectivity index (χ2v) is 10.6. The van der Waals surface area contributed by atoms with E-state index in [1.807, 2.05) is 0 Å². The number of anilines is 1. The number of rotatable bonds is 5. The molecule has 0 spiro atoms. The molecule has 0 aliphatic carbocycles. The van der Waals surface area contributed by atoms with Gasteiger partial charge in [0.05, 0.1) is 28.1 Å². The van der Waals surface area contributed by atoms with Gasteiger partial charge < -0.3 is 10.0 Å². The first-order valence-corrected chi connectivity index (χ1v) is 11.8. The van der Waals surface area contributed by atoms with Crippen LogP contribution in [0.15, 0.2) is 23.2 Å². The van der Waals surface area contributed by atoms with E-state index in [-0.39, 0.29) is 41.6 Å². The van der Waals surface area contributed by atoms with E-state index in [1.165, 1.54) is 11.0 Å². The molecule has 2 aliphatic rings. The maximum atomic E-state index is 13.3. The minimum atomic E-state index is -4.72. The lowest BCUT2D eigenvalue weighted by atomic mass is 10.1. The largest absolute Gasteiger partial charge is 0.481 e. The molecule has 2 saturated heterocycles. The Labute approximate surface area is 179 Å². The van der Waals surface area contributed by atoms with E-state index in [2.05, 4.69) is 4.99 Å². The molecule has 30 heavy (non-hydrogen) atoms. The number of fused-ring (bicyclic) bond motifs is 1. The average Bonchev–Trinajstić information content (AvgIpc) is 3.05. The number of aliphatic carboxylic acids is 1. The molecule has 2 heterocycles. The van der Waals surface area contributed by atoms with Crippen LogP contribution in [0.1, 0.15) is 24.8 Å². The number of hydrogen-bond acceptors (Lipinski definition) is 5. The number of halogens is 4. The summed E-state index contributed by atoms with van der Waals surface area (Å²) in [6.45, 7) is 0. The Morgan fingerprint density at radius 2 is 1.97 bits per heavy atom. The number of sulfone groups is 1. The van der Waals surface area contributed by atoms with Crippen LogP contribution in [0.2, 0.25) is 5.02 Å². The van der Waals surface area contributed by atoms with Gasteiger partial charge in [-0.15, -0.1) is 0 Å². The third kappa shape index (κ3) is 5.09. The van der Waals surface area contributed by atoms with Crippen molar-refractivity contribution in [1.82, 2.24) is 0 Å². The van der Waals surface area contributed by atoms with Crippen LogP contribution in [0.5, 0.6) is 0 Å². The van der Waals surface area contributed by atoms with Crippen LogP contribution in [0, 0.1) is 0 Å². The van der Waals surface area contributed by atoms with Crippen molar-refractivity contribution in [3.8, 4) is 0 Å². The minimum Gasteiger partial charge on any atom is -0.481 e. The Balaban J connectivity index is 1.95. The molecule has 0 bridgehead atoms. The number of benzene rings is 1. The maximum absolute atomic E-state index is 13.3. The quantitative estimate of drug-likeness (QED) is 0.684. The first-order chi connectivity index (χ1) is 13.9. The number of aliphatic imine (C=N–C) groups is 1. The number of nitrogens with zero attached hydrogens (tertiary/aromatic N) is 2. The summed E-state index contributed by atoms with van der Waals surface area (Å²) in [5.41, 5.74) is -1.05. The van der Waals surface area contributed by atoms with Gasteiger partial charge >= 0.3 is 12.1 Å². The molecule has 0 unspecified atom stereocenters. The third-order valence-electron chi connectivity index (χ3n) is 4.60. The zero-order valence-electron chi connectivity index (χ0n) is 15.2. The van der Waals surface area contributed by atoms with Gasteiger partial charge in [-0.05, 0) is 24.6 Å². The number of hydrogen-bond donors (Lipinski definition) is 1. The van der Waals surface area contributed by atoms with Crippen molar-refractivity contribution in [3.05, 3.63) is 28.8 Å². The number of thioether (sulfide) groups is 1. The second-order valence-electron chi connectivity index (χ2n) is 6.87. The summed E-state index contributed by atoms with van der Waals surface area (Å²) in [6.07, 6.45) is -5.02. The zero-order valence-corrected chi connectivity index (χ0v) is 17.6. The van der Waals surface area contributed by atoms with E-state index < -0.39 is 49.8 Å². The fourth-order valence-corrected chi connectivity index (χ4v) is 7.46. The Morgan fingerprint density at radius 3 is 2.60 bits per heavy atom. The van der Waals surface area contributed by atoms with Gasteiger partial charge in [-0.25, -0.2) is 8.42 Å². The van der Waals surface area contributed by atoms with Crippen LogP contribution in [-0.2, 0) is 25.6 Å². The van der Waals surface area contributed by atoms with Crippen molar-refractivity contribution < 1.29 is 36.3 Å². The van der Waals surface area contributed by atoms with Gasteiger partial charge in [-0.2, -0.15) is 18.2 Å². The van der Waals surface area contributed by atoms with E-state index in [4.69, 9.17) is 16.7 Å². The first kappa shape index (κ1) is 22.9. The highest BCUT2D eigenvalue weighted by Gasteiger charge is 2.49.